The van der Waals surface area contributed by atoms with Crippen molar-refractivity contribution in [3.05, 3.63) is 60.2 Å². The zero-order chi connectivity index (χ0) is 22.9. The molecule has 0 aliphatic carbocycles. The second-order valence-electron chi connectivity index (χ2n) is 8.60. The van der Waals surface area contributed by atoms with E-state index < -0.39 is 0 Å². The fourth-order valence-electron chi connectivity index (χ4n) is 4.20. The smallest absolute Gasteiger partial charge is 0.238 e. The van der Waals surface area contributed by atoms with Gasteiger partial charge in [0.25, 0.3) is 0 Å². The van der Waals surface area contributed by atoms with Gasteiger partial charge in [0.15, 0.2) is 0 Å². The molecular formula is C25H33N5O2S. The number of thioether (sulfide) groups is 1. The predicted octanol–water partition coefficient (Wildman–Crippen LogP) is 2.43. The van der Waals surface area contributed by atoms with Gasteiger partial charge in [-0.15, -0.1) is 0 Å². The van der Waals surface area contributed by atoms with Gasteiger partial charge in [-0.3, -0.25) is 24.3 Å². The standard InChI is InChI=1S/C25H33N5O2S/c31-24(26-22-6-2-1-3-7-22)19-28-9-11-29(12-10-28)20-25(32)27-23-8-4-5-21(17-23)18-30-13-15-33-16-14-30/h1-8,17H,9-16,18-20H2,(H,26,31)(H,27,32). The van der Waals surface area contributed by atoms with E-state index in [1.165, 1.54) is 17.1 Å². The van der Waals surface area contributed by atoms with Crippen LogP contribution in [0.3, 0.4) is 0 Å². The highest BCUT2D eigenvalue weighted by Crippen LogP contribution is 2.16. The molecule has 2 aliphatic heterocycles. The van der Waals surface area contributed by atoms with E-state index in [0.717, 1.165) is 57.2 Å². The number of hydrogen-bond acceptors (Lipinski definition) is 6. The minimum atomic E-state index is -0.00409. The van der Waals surface area contributed by atoms with Crippen molar-refractivity contribution in [1.82, 2.24) is 14.7 Å². The number of benzene rings is 2. The molecule has 2 aromatic carbocycles. The van der Waals surface area contributed by atoms with Gasteiger partial charge in [0.05, 0.1) is 13.1 Å². The number of piperazine rings is 1. The molecule has 7 nitrogen and oxygen atoms in total. The molecule has 0 radical (unpaired) electrons. The van der Waals surface area contributed by atoms with E-state index >= 15 is 0 Å². The summed E-state index contributed by atoms with van der Waals surface area (Å²) in [5.41, 5.74) is 2.92. The number of nitrogens with zero attached hydrogens (tertiary/aromatic N) is 3. The Kier molecular flexibility index (Phi) is 8.77. The van der Waals surface area contributed by atoms with Gasteiger partial charge in [-0.1, -0.05) is 30.3 Å². The third-order valence-corrected chi connectivity index (χ3v) is 6.92. The Bertz CT molecular complexity index is 912. The SMILES string of the molecule is O=C(CN1CCN(CC(=O)Nc2cccc(CN3CCSCC3)c2)CC1)Nc1ccccc1. The molecule has 2 heterocycles. The molecule has 4 rings (SSSR count). The van der Waals surface area contributed by atoms with Gasteiger partial charge in [0.1, 0.15) is 0 Å². The molecule has 0 spiro atoms. The maximum atomic E-state index is 12.6. The minimum absolute atomic E-state index is 0.00409. The molecule has 2 amide bonds. The lowest BCUT2D eigenvalue weighted by molar-refractivity contribution is -0.120. The van der Waals surface area contributed by atoms with E-state index in [4.69, 9.17) is 0 Å². The van der Waals surface area contributed by atoms with Gasteiger partial charge in [0, 0.05) is 68.7 Å². The Morgan fingerprint density at radius 1 is 0.697 bits per heavy atom. The molecule has 8 heteroatoms. The second-order valence-corrected chi connectivity index (χ2v) is 9.83. The Morgan fingerprint density at radius 3 is 1.91 bits per heavy atom. The molecule has 0 atom stereocenters. The Labute approximate surface area is 200 Å². The summed E-state index contributed by atoms with van der Waals surface area (Å²) in [6, 6.07) is 17.7. The summed E-state index contributed by atoms with van der Waals surface area (Å²) in [6.07, 6.45) is 0. The first-order valence-electron chi connectivity index (χ1n) is 11.6. The van der Waals surface area contributed by atoms with Gasteiger partial charge < -0.3 is 10.6 Å². The first-order chi connectivity index (χ1) is 16.1. The van der Waals surface area contributed by atoms with E-state index in [9.17, 15) is 9.59 Å². The lowest BCUT2D eigenvalue weighted by atomic mass is 10.2. The molecule has 176 valence electrons. The summed E-state index contributed by atoms with van der Waals surface area (Å²) in [7, 11) is 0. The van der Waals surface area contributed by atoms with Gasteiger partial charge in [0.2, 0.25) is 11.8 Å². The molecule has 2 N–H and O–H groups in total. The molecule has 2 fully saturated rings. The quantitative estimate of drug-likeness (QED) is 0.622. The van der Waals surface area contributed by atoms with E-state index in [1.54, 1.807) is 0 Å². The van der Waals surface area contributed by atoms with Crippen LogP contribution >= 0.6 is 11.8 Å². The van der Waals surface area contributed by atoms with Gasteiger partial charge >= 0.3 is 0 Å². The molecular weight excluding hydrogens is 434 g/mol. The van der Waals surface area contributed by atoms with Crippen LogP contribution in [0, 0.1) is 0 Å². The van der Waals surface area contributed by atoms with Crippen molar-refractivity contribution in [3.63, 3.8) is 0 Å². The zero-order valence-corrected chi connectivity index (χ0v) is 19.9. The summed E-state index contributed by atoms with van der Waals surface area (Å²) in [4.78, 5) is 31.6. The first kappa shape index (κ1) is 23.8. The summed E-state index contributed by atoms with van der Waals surface area (Å²) < 4.78 is 0. The fourth-order valence-corrected chi connectivity index (χ4v) is 5.18. The zero-order valence-electron chi connectivity index (χ0n) is 19.0. The Hall–Kier alpha value is -2.39. The van der Waals surface area contributed by atoms with Crippen LogP contribution in [-0.4, -0.2) is 90.4 Å². The highest BCUT2D eigenvalue weighted by molar-refractivity contribution is 7.99. The lowest BCUT2D eigenvalue weighted by Gasteiger charge is -2.33. The van der Waals surface area contributed by atoms with Crippen molar-refractivity contribution in [3.8, 4) is 0 Å². The maximum Gasteiger partial charge on any atom is 0.238 e. The predicted molar refractivity (Wildman–Crippen MR) is 136 cm³/mol. The van der Waals surface area contributed by atoms with Gasteiger partial charge in [-0.2, -0.15) is 11.8 Å². The van der Waals surface area contributed by atoms with E-state index in [0.29, 0.717) is 13.1 Å². The Balaban J connectivity index is 1.17. The van der Waals surface area contributed by atoms with Gasteiger partial charge in [-0.25, -0.2) is 0 Å². The van der Waals surface area contributed by atoms with Crippen LogP contribution in [0.5, 0.6) is 0 Å². The fraction of sp³-hybridized carbons (Fsp3) is 0.440. The van der Waals surface area contributed by atoms with Crippen LogP contribution in [0.25, 0.3) is 0 Å². The number of amides is 2. The number of carbonyl (C=O) groups is 2. The number of carbonyl (C=O) groups excluding carboxylic acids is 2. The van der Waals surface area contributed by atoms with Crippen LogP contribution in [0.2, 0.25) is 0 Å². The molecule has 2 aromatic rings. The first-order valence-corrected chi connectivity index (χ1v) is 12.8. The molecule has 0 unspecified atom stereocenters. The summed E-state index contributed by atoms with van der Waals surface area (Å²) >= 11 is 2.01. The van der Waals surface area contributed by atoms with E-state index in [-0.39, 0.29) is 11.8 Å². The second kappa shape index (κ2) is 12.2. The number of anilines is 2. The molecule has 0 aromatic heterocycles. The lowest BCUT2D eigenvalue weighted by Crippen LogP contribution is -2.50. The van der Waals surface area contributed by atoms with Crippen molar-refractivity contribution in [1.29, 1.82) is 0 Å². The van der Waals surface area contributed by atoms with Crippen molar-refractivity contribution >= 4 is 35.0 Å². The summed E-state index contributed by atoms with van der Waals surface area (Å²) in [5, 5.41) is 5.98. The highest BCUT2D eigenvalue weighted by atomic mass is 32.2. The van der Waals surface area contributed by atoms with Crippen LogP contribution in [0.15, 0.2) is 54.6 Å². The van der Waals surface area contributed by atoms with E-state index in [1.807, 2.05) is 54.2 Å². The van der Waals surface area contributed by atoms with Crippen LogP contribution in [-0.2, 0) is 16.1 Å². The van der Waals surface area contributed by atoms with Crippen molar-refractivity contribution in [2.75, 3.05) is 74.5 Å². The largest absolute Gasteiger partial charge is 0.325 e. The Morgan fingerprint density at radius 2 is 1.27 bits per heavy atom. The topological polar surface area (TPSA) is 67.9 Å². The molecule has 0 bridgehead atoms. The van der Waals surface area contributed by atoms with Crippen molar-refractivity contribution < 1.29 is 9.59 Å². The monoisotopic (exact) mass is 467 g/mol. The third-order valence-electron chi connectivity index (χ3n) is 5.98. The minimum Gasteiger partial charge on any atom is -0.325 e. The van der Waals surface area contributed by atoms with Crippen LogP contribution in [0.1, 0.15) is 5.56 Å². The summed E-state index contributed by atoms with van der Waals surface area (Å²) in [6.45, 7) is 7.04. The molecule has 2 aliphatic rings. The third kappa shape index (κ3) is 7.85. The summed E-state index contributed by atoms with van der Waals surface area (Å²) in [5.74, 6) is 2.40. The average molecular weight is 468 g/mol. The molecule has 33 heavy (non-hydrogen) atoms. The molecule has 2 saturated heterocycles. The number of para-hydroxylation sites is 1. The van der Waals surface area contributed by atoms with Gasteiger partial charge in [-0.05, 0) is 29.8 Å². The van der Waals surface area contributed by atoms with Crippen molar-refractivity contribution in [2.45, 2.75) is 6.54 Å². The molecule has 0 saturated carbocycles. The number of nitrogens with one attached hydrogen (secondary N) is 2. The van der Waals surface area contributed by atoms with E-state index in [2.05, 4.69) is 37.5 Å². The highest BCUT2D eigenvalue weighted by Gasteiger charge is 2.21. The average Bonchev–Trinajstić information content (AvgIpc) is 2.82. The number of rotatable bonds is 8. The van der Waals surface area contributed by atoms with Crippen LogP contribution < -0.4 is 10.6 Å². The maximum absolute atomic E-state index is 12.6. The normalized spacial score (nSPS) is 18.1. The number of hydrogen-bond donors (Lipinski definition) is 2. The van der Waals surface area contributed by atoms with Crippen molar-refractivity contribution in [2.24, 2.45) is 0 Å². The van der Waals surface area contributed by atoms with Crippen LogP contribution in [0.4, 0.5) is 11.4 Å².